The van der Waals surface area contributed by atoms with E-state index in [2.05, 4.69) is 48.3 Å². The van der Waals surface area contributed by atoms with Crippen molar-refractivity contribution in [3.8, 4) is 11.4 Å². The number of hydrogen-bond donors (Lipinski definition) is 1. The highest BCUT2D eigenvalue weighted by Gasteiger charge is 2.24. The molecule has 0 atom stereocenters. The quantitative estimate of drug-likeness (QED) is 0.780. The van der Waals surface area contributed by atoms with Gasteiger partial charge in [-0.2, -0.15) is 4.98 Å². The van der Waals surface area contributed by atoms with Crippen LogP contribution in [0.2, 0.25) is 0 Å². The van der Waals surface area contributed by atoms with E-state index in [4.69, 9.17) is 10.3 Å². The molecule has 0 amide bonds. The van der Waals surface area contributed by atoms with Crippen molar-refractivity contribution in [3.05, 3.63) is 71.6 Å². The molecule has 1 aromatic heterocycles. The van der Waals surface area contributed by atoms with Gasteiger partial charge in [0.25, 0.3) is 0 Å². The minimum atomic E-state index is -0.0610. The highest BCUT2D eigenvalue weighted by molar-refractivity contribution is 5.54. The smallest absolute Gasteiger partial charge is 0.227 e. The van der Waals surface area contributed by atoms with Gasteiger partial charge in [0.2, 0.25) is 11.7 Å². The molecule has 4 heteroatoms. The van der Waals surface area contributed by atoms with Crippen LogP contribution in [0.3, 0.4) is 0 Å². The van der Waals surface area contributed by atoms with Crippen molar-refractivity contribution < 1.29 is 4.52 Å². The largest absolute Gasteiger partial charge is 0.339 e. The zero-order valence-electron chi connectivity index (χ0n) is 13.5. The van der Waals surface area contributed by atoms with Gasteiger partial charge in [-0.1, -0.05) is 73.6 Å². The molecule has 0 radical (unpaired) electrons. The summed E-state index contributed by atoms with van der Waals surface area (Å²) in [5.74, 6) is 1.27. The van der Waals surface area contributed by atoms with Gasteiger partial charge in [-0.25, -0.2) is 0 Å². The number of benzene rings is 2. The lowest BCUT2D eigenvalue weighted by molar-refractivity contribution is 0.347. The molecule has 0 aliphatic heterocycles. The Morgan fingerprint density at radius 3 is 2.35 bits per heavy atom. The Labute approximate surface area is 136 Å². The van der Waals surface area contributed by atoms with Crippen LogP contribution in [0, 0.1) is 0 Å². The van der Waals surface area contributed by atoms with Crippen molar-refractivity contribution in [3.63, 3.8) is 0 Å². The van der Waals surface area contributed by atoms with E-state index >= 15 is 0 Å². The number of aromatic nitrogens is 2. The molecule has 0 spiro atoms. The Bertz CT molecular complexity index is 761. The molecule has 118 valence electrons. The maximum absolute atomic E-state index is 5.62. The van der Waals surface area contributed by atoms with Crippen molar-refractivity contribution in [1.29, 1.82) is 0 Å². The van der Waals surface area contributed by atoms with E-state index in [1.54, 1.807) is 0 Å². The van der Waals surface area contributed by atoms with Crippen molar-refractivity contribution in [2.45, 2.75) is 32.2 Å². The number of rotatable bonds is 5. The van der Waals surface area contributed by atoms with E-state index in [1.165, 1.54) is 5.56 Å². The fraction of sp³-hybridized carbons (Fsp3) is 0.263. The van der Waals surface area contributed by atoms with Crippen molar-refractivity contribution >= 4 is 0 Å². The van der Waals surface area contributed by atoms with Gasteiger partial charge in [0, 0.05) is 18.5 Å². The van der Waals surface area contributed by atoms with E-state index in [0.29, 0.717) is 24.7 Å². The van der Waals surface area contributed by atoms with Gasteiger partial charge in [-0.15, -0.1) is 0 Å². The average Bonchev–Trinajstić information content (AvgIpc) is 3.03. The third-order valence-corrected chi connectivity index (χ3v) is 4.06. The Morgan fingerprint density at radius 2 is 1.70 bits per heavy atom. The Morgan fingerprint density at radius 1 is 1.00 bits per heavy atom. The van der Waals surface area contributed by atoms with Crippen LogP contribution in [0.4, 0.5) is 0 Å². The second-order valence-corrected chi connectivity index (χ2v) is 6.34. The summed E-state index contributed by atoms with van der Waals surface area (Å²) < 4.78 is 5.45. The van der Waals surface area contributed by atoms with Gasteiger partial charge in [0.05, 0.1) is 0 Å². The molecule has 2 aromatic carbocycles. The minimum absolute atomic E-state index is 0.0610. The molecule has 23 heavy (non-hydrogen) atoms. The van der Waals surface area contributed by atoms with Crippen LogP contribution >= 0.6 is 0 Å². The van der Waals surface area contributed by atoms with Crippen LogP contribution in [0.1, 0.15) is 30.9 Å². The van der Waals surface area contributed by atoms with Gasteiger partial charge in [0.15, 0.2) is 0 Å². The van der Waals surface area contributed by atoms with Crippen LogP contribution in [0.25, 0.3) is 11.4 Å². The van der Waals surface area contributed by atoms with Crippen LogP contribution < -0.4 is 5.73 Å². The molecule has 0 aliphatic carbocycles. The summed E-state index contributed by atoms with van der Waals surface area (Å²) in [5, 5.41) is 4.10. The molecular formula is C19H21N3O. The maximum Gasteiger partial charge on any atom is 0.227 e. The fourth-order valence-corrected chi connectivity index (χ4v) is 2.60. The van der Waals surface area contributed by atoms with E-state index in [0.717, 1.165) is 11.1 Å². The van der Waals surface area contributed by atoms with Gasteiger partial charge < -0.3 is 10.3 Å². The van der Waals surface area contributed by atoms with Gasteiger partial charge in [0.1, 0.15) is 0 Å². The zero-order valence-corrected chi connectivity index (χ0v) is 13.5. The summed E-state index contributed by atoms with van der Waals surface area (Å²) in [6, 6.07) is 18.3. The first kappa shape index (κ1) is 15.4. The molecule has 0 saturated heterocycles. The molecule has 1 heterocycles. The summed E-state index contributed by atoms with van der Waals surface area (Å²) in [7, 11) is 0. The van der Waals surface area contributed by atoms with E-state index < -0.39 is 0 Å². The Kier molecular flexibility index (Phi) is 4.26. The third-order valence-electron chi connectivity index (χ3n) is 4.06. The molecule has 0 aliphatic rings. The molecule has 0 saturated carbocycles. The maximum atomic E-state index is 5.62. The first-order valence-corrected chi connectivity index (χ1v) is 7.76. The molecule has 3 aromatic rings. The highest BCUT2D eigenvalue weighted by atomic mass is 16.5. The summed E-state index contributed by atoms with van der Waals surface area (Å²) in [5.41, 5.74) is 8.84. The SMILES string of the molecule is CC(C)(Cc1nc(-c2ccc(CN)cc2)no1)c1ccccc1. The first-order chi connectivity index (χ1) is 11.1. The normalized spacial score (nSPS) is 11.6. The Hall–Kier alpha value is -2.46. The van der Waals surface area contributed by atoms with Crippen LogP contribution in [-0.4, -0.2) is 10.1 Å². The fourth-order valence-electron chi connectivity index (χ4n) is 2.60. The van der Waals surface area contributed by atoms with E-state index in [-0.39, 0.29) is 5.41 Å². The van der Waals surface area contributed by atoms with Crippen molar-refractivity contribution in [1.82, 2.24) is 10.1 Å². The number of hydrogen-bond acceptors (Lipinski definition) is 4. The minimum Gasteiger partial charge on any atom is -0.339 e. The van der Waals surface area contributed by atoms with Crippen LogP contribution in [-0.2, 0) is 18.4 Å². The molecule has 3 rings (SSSR count). The summed E-state index contributed by atoms with van der Waals surface area (Å²) in [6.45, 7) is 4.90. The molecular weight excluding hydrogens is 286 g/mol. The van der Waals surface area contributed by atoms with E-state index in [1.807, 2.05) is 30.3 Å². The predicted octanol–water partition coefficient (Wildman–Crippen LogP) is 3.72. The molecule has 0 bridgehead atoms. The lowest BCUT2D eigenvalue weighted by Crippen LogP contribution is -2.20. The molecule has 0 unspecified atom stereocenters. The number of nitrogens with two attached hydrogens (primary N) is 1. The van der Waals surface area contributed by atoms with Crippen LogP contribution in [0.15, 0.2) is 59.1 Å². The average molecular weight is 307 g/mol. The second-order valence-electron chi connectivity index (χ2n) is 6.34. The standard InChI is InChI=1S/C19H21N3O/c1-19(2,16-6-4-3-5-7-16)12-17-21-18(22-23-17)15-10-8-14(13-20)9-11-15/h3-11H,12-13,20H2,1-2H3. The second kappa shape index (κ2) is 6.34. The lowest BCUT2D eigenvalue weighted by Gasteiger charge is -2.23. The number of nitrogens with zero attached hydrogens (tertiary/aromatic N) is 2. The van der Waals surface area contributed by atoms with Crippen LogP contribution in [0.5, 0.6) is 0 Å². The van der Waals surface area contributed by atoms with Gasteiger partial charge in [-0.05, 0) is 16.5 Å². The first-order valence-electron chi connectivity index (χ1n) is 7.76. The van der Waals surface area contributed by atoms with Gasteiger partial charge >= 0.3 is 0 Å². The summed E-state index contributed by atoms with van der Waals surface area (Å²) in [4.78, 5) is 4.54. The summed E-state index contributed by atoms with van der Waals surface area (Å²) in [6.07, 6.45) is 0.699. The van der Waals surface area contributed by atoms with Crippen molar-refractivity contribution in [2.24, 2.45) is 5.73 Å². The molecule has 2 N–H and O–H groups in total. The highest BCUT2D eigenvalue weighted by Crippen LogP contribution is 2.27. The lowest BCUT2D eigenvalue weighted by atomic mass is 9.81. The topological polar surface area (TPSA) is 64.9 Å². The molecule has 0 fully saturated rings. The predicted molar refractivity (Wildman–Crippen MR) is 90.8 cm³/mol. The molecule has 4 nitrogen and oxygen atoms in total. The zero-order chi connectivity index (χ0) is 16.3. The van der Waals surface area contributed by atoms with Crippen molar-refractivity contribution in [2.75, 3.05) is 0 Å². The Balaban J connectivity index is 1.79. The van der Waals surface area contributed by atoms with Gasteiger partial charge in [-0.3, -0.25) is 0 Å². The summed E-state index contributed by atoms with van der Waals surface area (Å²) >= 11 is 0. The van der Waals surface area contributed by atoms with E-state index in [9.17, 15) is 0 Å². The monoisotopic (exact) mass is 307 g/mol. The third kappa shape index (κ3) is 3.48.